The summed E-state index contributed by atoms with van der Waals surface area (Å²) in [6.07, 6.45) is 3.02. The van der Waals surface area contributed by atoms with Crippen LogP contribution >= 0.6 is 0 Å². The van der Waals surface area contributed by atoms with Crippen molar-refractivity contribution in [3.8, 4) is 0 Å². The second kappa shape index (κ2) is 5.21. The van der Waals surface area contributed by atoms with Crippen LogP contribution in [0.15, 0.2) is 24.3 Å². The van der Waals surface area contributed by atoms with E-state index in [4.69, 9.17) is 0 Å². The van der Waals surface area contributed by atoms with Crippen LogP contribution in [0, 0.1) is 11.7 Å². The van der Waals surface area contributed by atoms with Crippen molar-refractivity contribution in [2.75, 3.05) is 13.1 Å². The highest BCUT2D eigenvalue weighted by Gasteiger charge is 2.19. The minimum absolute atomic E-state index is 0.125. The van der Waals surface area contributed by atoms with E-state index in [0.29, 0.717) is 12.1 Å². The number of hydrogen-bond donors (Lipinski definition) is 0. The molecule has 1 saturated heterocycles. The highest BCUT2D eigenvalue weighted by atomic mass is 19.1. The zero-order chi connectivity index (χ0) is 11.4. The van der Waals surface area contributed by atoms with Gasteiger partial charge in [0.2, 0.25) is 0 Å². The summed E-state index contributed by atoms with van der Waals surface area (Å²) in [4.78, 5) is 12.9. The van der Waals surface area contributed by atoms with E-state index in [9.17, 15) is 9.18 Å². The molecule has 0 N–H and O–H groups in total. The molecule has 1 aromatic carbocycles. The molecule has 1 heterocycles. The lowest BCUT2D eigenvalue weighted by atomic mass is 9.99. The molecule has 0 saturated carbocycles. The summed E-state index contributed by atoms with van der Waals surface area (Å²) >= 11 is 0. The van der Waals surface area contributed by atoms with Crippen LogP contribution in [0.25, 0.3) is 0 Å². The fourth-order valence-electron chi connectivity index (χ4n) is 2.21. The Morgan fingerprint density at radius 3 is 3.00 bits per heavy atom. The molecule has 0 radical (unpaired) electrons. The lowest BCUT2D eigenvalue weighted by Crippen LogP contribution is -2.35. The molecule has 0 amide bonds. The molecule has 16 heavy (non-hydrogen) atoms. The minimum atomic E-state index is -0.157. The van der Waals surface area contributed by atoms with Crippen LogP contribution in [0.3, 0.4) is 0 Å². The predicted octanol–water partition coefficient (Wildman–Crippen LogP) is 2.24. The van der Waals surface area contributed by atoms with Crippen LogP contribution in [-0.2, 0) is 11.3 Å². The Morgan fingerprint density at radius 2 is 2.25 bits per heavy atom. The number of halogens is 1. The largest absolute Gasteiger partial charge is 0.303 e. The molecule has 1 unspecified atom stereocenters. The third-order valence-electron chi connectivity index (χ3n) is 3.09. The first kappa shape index (κ1) is 11.3. The Bertz CT molecular complexity index is 367. The summed E-state index contributed by atoms with van der Waals surface area (Å²) in [5, 5.41) is 0. The maximum absolute atomic E-state index is 13.4. The molecule has 1 fully saturated rings. The Kier molecular flexibility index (Phi) is 3.67. The van der Waals surface area contributed by atoms with Crippen LogP contribution in [-0.4, -0.2) is 24.3 Å². The predicted molar refractivity (Wildman–Crippen MR) is 60.5 cm³/mol. The van der Waals surface area contributed by atoms with Gasteiger partial charge >= 0.3 is 0 Å². The Hall–Kier alpha value is -1.22. The van der Waals surface area contributed by atoms with Gasteiger partial charge in [-0.1, -0.05) is 18.2 Å². The zero-order valence-electron chi connectivity index (χ0n) is 9.23. The van der Waals surface area contributed by atoms with E-state index >= 15 is 0 Å². The van der Waals surface area contributed by atoms with Crippen molar-refractivity contribution in [3.63, 3.8) is 0 Å². The van der Waals surface area contributed by atoms with Gasteiger partial charge in [0.05, 0.1) is 0 Å². The first-order valence-corrected chi connectivity index (χ1v) is 5.70. The number of hydrogen-bond acceptors (Lipinski definition) is 2. The summed E-state index contributed by atoms with van der Waals surface area (Å²) in [7, 11) is 0. The molecule has 0 spiro atoms. The SMILES string of the molecule is O=CC1CCCN(Cc2ccccc2F)C1. The quantitative estimate of drug-likeness (QED) is 0.729. The average Bonchev–Trinajstić information content (AvgIpc) is 2.32. The Morgan fingerprint density at radius 1 is 1.44 bits per heavy atom. The monoisotopic (exact) mass is 221 g/mol. The molecule has 2 rings (SSSR count). The van der Waals surface area contributed by atoms with Gasteiger partial charge in [-0.3, -0.25) is 4.90 Å². The molecule has 0 aromatic heterocycles. The van der Waals surface area contributed by atoms with Gasteiger partial charge in [0.1, 0.15) is 12.1 Å². The Labute approximate surface area is 95.1 Å². The third-order valence-corrected chi connectivity index (χ3v) is 3.09. The van der Waals surface area contributed by atoms with Crippen LogP contribution in [0.1, 0.15) is 18.4 Å². The van der Waals surface area contributed by atoms with E-state index in [1.807, 2.05) is 6.07 Å². The van der Waals surface area contributed by atoms with Gasteiger partial charge in [-0.15, -0.1) is 0 Å². The van der Waals surface area contributed by atoms with Gasteiger partial charge in [0.25, 0.3) is 0 Å². The number of carbonyl (C=O) groups is 1. The maximum Gasteiger partial charge on any atom is 0.127 e. The van der Waals surface area contributed by atoms with Gasteiger partial charge < -0.3 is 4.79 Å². The lowest BCUT2D eigenvalue weighted by Gasteiger charge is -2.30. The maximum atomic E-state index is 13.4. The topological polar surface area (TPSA) is 20.3 Å². The van der Waals surface area contributed by atoms with Crippen molar-refractivity contribution in [1.29, 1.82) is 0 Å². The molecule has 1 aliphatic rings. The summed E-state index contributed by atoms with van der Waals surface area (Å²) < 4.78 is 13.4. The average molecular weight is 221 g/mol. The fourth-order valence-corrected chi connectivity index (χ4v) is 2.21. The van der Waals surface area contributed by atoms with Crippen molar-refractivity contribution in [2.24, 2.45) is 5.92 Å². The number of aldehydes is 1. The number of likely N-dealkylation sites (tertiary alicyclic amines) is 1. The van der Waals surface area contributed by atoms with Gasteiger partial charge in [-0.25, -0.2) is 4.39 Å². The number of carbonyl (C=O) groups excluding carboxylic acids is 1. The van der Waals surface area contributed by atoms with Gasteiger partial charge in [0, 0.05) is 24.6 Å². The van der Waals surface area contributed by atoms with Crippen molar-refractivity contribution >= 4 is 6.29 Å². The second-order valence-corrected chi connectivity index (χ2v) is 4.36. The number of nitrogens with zero attached hydrogens (tertiary/aromatic N) is 1. The molecule has 0 bridgehead atoms. The van der Waals surface area contributed by atoms with E-state index in [0.717, 1.165) is 32.2 Å². The molecule has 2 nitrogen and oxygen atoms in total. The Balaban J connectivity index is 1.99. The van der Waals surface area contributed by atoms with Crippen molar-refractivity contribution in [1.82, 2.24) is 4.90 Å². The third kappa shape index (κ3) is 2.67. The smallest absolute Gasteiger partial charge is 0.127 e. The molecule has 0 aliphatic carbocycles. The standard InChI is InChI=1S/C13H16FNO/c14-13-6-2-1-5-12(13)9-15-7-3-4-11(8-15)10-16/h1-2,5-6,10-11H,3-4,7-9H2. The summed E-state index contributed by atoms with van der Waals surface area (Å²) in [5.41, 5.74) is 0.717. The summed E-state index contributed by atoms with van der Waals surface area (Å²) in [6.45, 7) is 2.33. The van der Waals surface area contributed by atoms with Crippen LogP contribution in [0.2, 0.25) is 0 Å². The zero-order valence-corrected chi connectivity index (χ0v) is 9.23. The molecule has 1 aromatic rings. The summed E-state index contributed by atoms with van der Waals surface area (Å²) in [5.74, 6) is -0.0312. The van der Waals surface area contributed by atoms with Gasteiger partial charge in [-0.05, 0) is 25.5 Å². The molecule has 86 valence electrons. The van der Waals surface area contributed by atoms with Crippen molar-refractivity contribution in [2.45, 2.75) is 19.4 Å². The van der Waals surface area contributed by atoms with Crippen LogP contribution in [0.4, 0.5) is 4.39 Å². The van der Waals surface area contributed by atoms with Gasteiger partial charge in [0.15, 0.2) is 0 Å². The molecule has 1 atom stereocenters. The first-order chi connectivity index (χ1) is 7.79. The number of rotatable bonds is 3. The minimum Gasteiger partial charge on any atom is -0.303 e. The van der Waals surface area contributed by atoms with E-state index in [2.05, 4.69) is 4.90 Å². The molecule has 1 aliphatic heterocycles. The van der Waals surface area contributed by atoms with Crippen LogP contribution < -0.4 is 0 Å². The normalized spacial score (nSPS) is 21.9. The van der Waals surface area contributed by atoms with Crippen LogP contribution in [0.5, 0.6) is 0 Å². The molecule has 3 heteroatoms. The van der Waals surface area contributed by atoms with Crippen molar-refractivity contribution < 1.29 is 9.18 Å². The number of benzene rings is 1. The lowest BCUT2D eigenvalue weighted by molar-refractivity contribution is -0.112. The van der Waals surface area contributed by atoms with E-state index < -0.39 is 0 Å². The second-order valence-electron chi connectivity index (χ2n) is 4.36. The fraction of sp³-hybridized carbons (Fsp3) is 0.462. The van der Waals surface area contributed by atoms with Gasteiger partial charge in [-0.2, -0.15) is 0 Å². The first-order valence-electron chi connectivity index (χ1n) is 5.70. The highest BCUT2D eigenvalue weighted by Crippen LogP contribution is 2.18. The summed E-state index contributed by atoms with van der Waals surface area (Å²) in [6, 6.07) is 6.83. The highest BCUT2D eigenvalue weighted by molar-refractivity contribution is 5.53. The van der Waals surface area contributed by atoms with Crippen molar-refractivity contribution in [3.05, 3.63) is 35.6 Å². The molecular formula is C13H16FNO. The number of piperidine rings is 1. The van der Waals surface area contributed by atoms with E-state index in [-0.39, 0.29) is 11.7 Å². The van der Waals surface area contributed by atoms with E-state index in [1.54, 1.807) is 12.1 Å². The molecular weight excluding hydrogens is 205 g/mol. The van der Waals surface area contributed by atoms with E-state index in [1.165, 1.54) is 6.07 Å².